The van der Waals surface area contributed by atoms with Gasteiger partial charge in [-0.2, -0.15) is 0 Å². The second-order valence-corrected chi connectivity index (χ2v) is 3.96. The number of primary amides is 1. The fraction of sp³-hybridized carbons (Fsp3) is 0.800. The predicted molar refractivity (Wildman–Crippen MR) is 58.8 cm³/mol. The topological polar surface area (TPSA) is 93.5 Å². The molecule has 0 spiro atoms. The number of carbonyl (C=O) groups excluding carboxylic acids is 2. The Hall–Kier alpha value is -1.30. The van der Waals surface area contributed by atoms with Crippen LogP contribution < -0.4 is 16.4 Å². The van der Waals surface area contributed by atoms with Crippen molar-refractivity contribution in [2.45, 2.75) is 38.3 Å². The van der Waals surface area contributed by atoms with Crippen molar-refractivity contribution >= 4 is 11.9 Å². The van der Waals surface area contributed by atoms with E-state index in [2.05, 4.69) is 10.6 Å². The lowest BCUT2D eigenvalue weighted by molar-refractivity contribution is -0.117. The number of hydrogen-bond acceptors (Lipinski definition) is 3. The average Bonchev–Trinajstić information content (AvgIpc) is 2.69. The molecule has 0 aromatic heterocycles. The predicted octanol–water partition coefficient (Wildman–Crippen LogP) is -0.271. The van der Waals surface area contributed by atoms with Crippen molar-refractivity contribution in [1.82, 2.24) is 10.6 Å². The molecule has 0 saturated carbocycles. The summed E-state index contributed by atoms with van der Waals surface area (Å²) in [7, 11) is 0. The van der Waals surface area contributed by atoms with Crippen LogP contribution in [0.5, 0.6) is 0 Å². The minimum Gasteiger partial charge on any atom is -0.376 e. The molecule has 1 aliphatic heterocycles. The fourth-order valence-corrected chi connectivity index (χ4v) is 1.65. The summed E-state index contributed by atoms with van der Waals surface area (Å²) in [4.78, 5) is 21.8. The molecule has 3 amide bonds. The van der Waals surface area contributed by atoms with Gasteiger partial charge in [0.1, 0.15) is 0 Å². The maximum absolute atomic E-state index is 11.4. The molecule has 0 aromatic rings. The average molecular weight is 229 g/mol. The van der Waals surface area contributed by atoms with Gasteiger partial charge in [0.05, 0.1) is 12.1 Å². The Kier molecular flexibility index (Phi) is 5.04. The summed E-state index contributed by atoms with van der Waals surface area (Å²) in [5.41, 5.74) is 4.95. The lowest BCUT2D eigenvalue weighted by Gasteiger charge is -2.20. The Balaban J connectivity index is 2.15. The summed E-state index contributed by atoms with van der Waals surface area (Å²) >= 11 is 0. The van der Waals surface area contributed by atoms with E-state index in [9.17, 15) is 9.59 Å². The van der Waals surface area contributed by atoms with E-state index in [0.717, 1.165) is 19.4 Å². The number of amides is 3. The van der Waals surface area contributed by atoms with Crippen LogP contribution in [0, 0.1) is 0 Å². The molecule has 0 bridgehead atoms. The van der Waals surface area contributed by atoms with Crippen LogP contribution >= 0.6 is 0 Å². The molecule has 2 unspecified atom stereocenters. The van der Waals surface area contributed by atoms with Crippen LogP contribution in [0.15, 0.2) is 0 Å². The third-order valence-electron chi connectivity index (χ3n) is 2.54. The van der Waals surface area contributed by atoms with Crippen LogP contribution in [0.1, 0.15) is 26.2 Å². The summed E-state index contributed by atoms with van der Waals surface area (Å²) < 4.78 is 5.44. The first kappa shape index (κ1) is 12.8. The highest BCUT2D eigenvalue weighted by molar-refractivity contribution is 5.77. The second-order valence-electron chi connectivity index (χ2n) is 3.96. The molecule has 2 atom stereocenters. The Labute approximate surface area is 94.9 Å². The third kappa shape index (κ3) is 4.48. The Morgan fingerprint density at radius 2 is 2.31 bits per heavy atom. The first-order chi connectivity index (χ1) is 7.59. The highest BCUT2D eigenvalue weighted by atomic mass is 16.5. The Morgan fingerprint density at radius 3 is 2.88 bits per heavy atom. The molecule has 1 saturated heterocycles. The van der Waals surface area contributed by atoms with Crippen LogP contribution in [0.4, 0.5) is 4.79 Å². The van der Waals surface area contributed by atoms with Gasteiger partial charge in [-0.1, -0.05) is 0 Å². The van der Waals surface area contributed by atoms with Crippen LogP contribution in [-0.2, 0) is 9.53 Å². The van der Waals surface area contributed by atoms with E-state index in [1.54, 1.807) is 0 Å². The van der Waals surface area contributed by atoms with Gasteiger partial charge in [-0.05, 0) is 19.8 Å². The first-order valence-corrected chi connectivity index (χ1v) is 5.54. The number of hydrogen-bond donors (Lipinski definition) is 3. The van der Waals surface area contributed by atoms with Crippen molar-refractivity contribution < 1.29 is 14.3 Å². The molecule has 6 nitrogen and oxygen atoms in total. The minimum atomic E-state index is -0.424. The lowest BCUT2D eigenvalue weighted by atomic mass is 10.1. The van der Waals surface area contributed by atoms with E-state index in [4.69, 9.17) is 10.5 Å². The molecule has 0 radical (unpaired) electrons. The van der Waals surface area contributed by atoms with Gasteiger partial charge in [0, 0.05) is 19.6 Å². The molecule has 6 heteroatoms. The number of ether oxygens (including phenoxy) is 1. The number of urea groups is 1. The Morgan fingerprint density at radius 1 is 1.56 bits per heavy atom. The zero-order valence-corrected chi connectivity index (χ0v) is 9.49. The van der Waals surface area contributed by atoms with E-state index >= 15 is 0 Å². The molecule has 4 N–H and O–H groups in total. The van der Waals surface area contributed by atoms with Crippen molar-refractivity contribution in [2.24, 2.45) is 5.73 Å². The summed E-state index contributed by atoms with van der Waals surface area (Å²) in [6, 6.07) is -0.305. The molecule has 0 aliphatic carbocycles. The van der Waals surface area contributed by atoms with E-state index < -0.39 is 5.91 Å². The van der Waals surface area contributed by atoms with Crippen LogP contribution in [0.25, 0.3) is 0 Å². The van der Waals surface area contributed by atoms with Crippen molar-refractivity contribution in [3.05, 3.63) is 0 Å². The van der Waals surface area contributed by atoms with Crippen molar-refractivity contribution in [3.63, 3.8) is 0 Å². The summed E-state index contributed by atoms with van der Waals surface area (Å²) in [6.07, 6.45) is 2.27. The molecular formula is C10H19N3O3. The number of carbonyl (C=O) groups is 2. The van der Waals surface area contributed by atoms with Gasteiger partial charge in [0.25, 0.3) is 0 Å². The molecule has 1 rings (SSSR count). The summed E-state index contributed by atoms with van der Waals surface area (Å²) in [5, 5.41) is 5.33. The molecule has 0 aromatic carbocycles. The zero-order valence-electron chi connectivity index (χ0n) is 9.49. The van der Waals surface area contributed by atoms with Gasteiger partial charge >= 0.3 is 6.03 Å². The maximum Gasteiger partial charge on any atom is 0.315 e. The second kappa shape index (κ2) is 6.32. The minimum absolute atomic E-state index is 0.0175. The zero-order chi connectivity index (χ0) is 12.0. The number of rotatable bonds is 5. The first-order valence-electron chi connectivity index (χ1n) is 5.54. The van der Waals surface area contributed by atoms with Gasteiger partial charge in [-0.3, -0.25) is 4.79 Å². The molecular weight excluding hydrogens is 210 g/mol. The fourth-order valence-electron chi connectivity index (χ4n) is 1.65. The monoisotopic (exact) mass is 229 g/mol. The van der Waals surface area contributed by atoms with Crippen molar-refractivity contribution in [1.29, 1.82) is 0 Å². The molecule has 1 aliphatic rings. The van der Waals surface area contributed by atoms with E-state index in [1.807, 2.05) is 6.92 Å². The lowest BCUT2D eigenvalue weighted by Crippen LogP contribution is -2.46. The third-order valence-corrected chi connectivity index (χ3v) is 2.54. The summed E-state index contributed by atoms with van der Waals surface area (Å²) in [6.45, 7) is 2.93. The standard InChI is InChI=1S/C10H19N3O3/c1-7(8-3-2-6-16-8)13-10(15)12-5-4-9(11)14/h7-8H,2-6H2,1H3,(H2,11,14)(H2,12,13,15). The van der Waals surface area contributed by atoms with Crippen LogP contribution in [0.2, 0.25) is 0 Å². The largest absolute Gasteiger partial charge is 0.376 e. The molecule has 16 heavy (non-hydrogen) atoms. The van der Waals surface area contributed by atoms with Gasteiger partial charge in [-0.15, -0.1) is 0 Å². The quantitative estimate of drug-likeness (QED) is 0.605. The SMILES string of the molecule is CC(NC(=O)NCCC(N)=O)C1CCCO1. The smallest absolute Gasteiger partial charge is 0.315 e. The maximum atomic E-state index is 11.4. The van der Waals surface area contributed by atoms with E-state index in [-0.39, 0.29) is 31.1 Å². The van der Waals surface area contributed by atoms with Crippen LogP contribution in [-0.4, -0.2) is 37.2 Å². The van der Waals surface area contributed by atoms with Crippen molar-refractivity contribution in [2.75, 3.05) is 13.2 Å². The molecule has 1 fully saturated rings. The number of nitrogens with two attached hydrogens (primary N) is 1. The van der Waals surface area contributed by atoms with Crippen LogP contribution in [0.3, 0.4) is 0 Å². The van der Waals surface area contributed by atoms with Crippen molar-refractivity contribution in [3.8, 4) is 0 Å². The highest BCUT2D eigenvalue weighted by Crippen LogP contribution is 2.15. The van der Waals surface area contributed by atoms with Gasteiger partial charge in [-0.25, -0.2) is 4.79 Å². The van der Waals surface area contributed by atoms with Gasteiger partial charge in [0.2, 0.25) is 5.91 Å². The normalized spacial score (nSPS) is 21.4. The highest BCUT2D eigenvalue weighted by Gasteiger charge is 2.23. The summed E-state index contributed by atoms with van der Waals surface area (Å²) in [5.74, 6) is -0.424. The van der Waals surface area contributed by atoms with Gasteiger partial charge < -0.3 is 21.1 Å². The Bertz CT molecular complexity index is 252. The molecule has 1 heterocycles. The molecule has 92 valence electrons. The van der Waals surface area contributed by atoms with E-state index in [1.165, 1.54) is 0 Å². The van der Waals surface area contributed by atoms with Gasteiger partial charge in [0.15, 0.2) is 0 Å². The van der Waals surface area contributed by atoms with E-state index in [0.29, 0.717) is 0 Å². The number of nitrogens with one attached hydrogen (secondary N) is 2.